The fourth-order valence-corrected chi connectivity index (χ4v) is 2.03. The maximum atomic E-state index is 9.83. The van der Waals surface area contributed by atoms with Crippen LogP contribution in [0.4, 0.5) is 0 Å². The van der Waals surface area contributed by atoms with Gasteiger partial charge >= 0.3 is 0 Å². The van der Waals surface area contributed by atoms with Crippen LogP contribution in [0.3, 0.4) is 0 Å². The van der Waals surface area contributed by atoms with Crippen molar-refractivity contribution in [3.63, 3.8) is 0 Å². The van der Waals surface area contributed by atoms with Gasteiger partial charge in [-0.15, -0.1) is 0 Å². The Labute approximate surface area is 103 Å². The van der Waals surface area contributed by atoms with E-state index in [1.165, 1.54) is 0 Å². The quantitative estimate of drug-likeness (QED) is 0.712. The lowest BCUT2D eigenvalue weighted by Gasteiger charge is -2.22. The van der Waals surface area contributed by atoms with Crippen molar-refractivity contribution in [3.05, 3.63) is 29.3 Å². The number of benzene rings is 1. The first-order valence-corrected chi connectivity index (χ1v) is 6.24. The summed E-state index contributed by atoms with van der Waals surface area (Å²) < 4.78 is 0. The molecule has 1 aromatic carbocycles. The predicted octanol–water partition coefficient (Wildman–Crippen LogP) is 2.51. The molecule has 3 N–H and O–H groups in total. The molecule has 17 heavy (non-hydrogen) atoms. The van der Waals surface area contributed by atoms with Crippen LogP contribution >= 0.6 is 0 Å². The van der Waals surface area contributed by atoms with Crippen molar-refractivity contribution in [2.24, 2.45) is 0 Å². The third kappa shape index (κ3) is 4.02. The summed E-state index contributed by atoms with van der Waals surface area (Å²) in [7, 11) is 0. The van der Waals surface area contributed by atoms with Crippen LogP contribution in [0.25, 0.3) is 0 Å². The highest BCUT2D eigenvalue weighted by molar-refractivity contribution is 5.37. The van der Waals surface area contributed by atoms with Crippen LogP contribution in [-0.4, -0.2) is 22.9 Å². The smallest absolute Gasteiger partial charge is 0.120 e. The first-order chi connectivity index (χ1) is 8.08. The normalized spacial score (nSPS) is 14.6. The van der Waals surface area contributed by atoms with Crippen molar-refractivity contribution in [1.29, 1.82) is 0 Å². The van der Waals surface area contributed by atoms with E-state index in [0.29, 0.717) is 5.75 Å². The van der Waals surface area contributed by atoms with Gasteiger partial charge in [-0.1, -0.05) is 24.6 Å². The second kappa shape index (κ2) is 6.62. The van der Waals surface area contributed by atoms with Gasteiger partial charge < -0.3 is 15.5 Å². The number of nitrogens with one attached hydrogen (secondary N) is 1. The molecule has 0 fully saturated rings. The molecule has 0 aliphatic heterocycles. The summed E-state index contributed by atoms with van der Waals surface area (Å²) in [6.07, 6.45) is 1.71. The molecule has 96 valence electrons. The Morgan fingerprint density at radius 2 is 2.06 bits per heavy atom. The zero-order valence-corrected chi connectivity index (χ0v) is 10.9. The highest BCUT2D eigenvalue weighted by Gasteiger charge is 2.14. The fourth-order valence-electron chi connectivity index (χ4n) is 2.03. The van der Waals surface area contributed by atoms with Gasteiger partial charge in [0.25, 0.3) is 0 Å². The Kier molecular flexibility index (Phi) is 5.45. The average Bonchev–Trinajstić information content (AvgIpc) is 2.31. The largest absolute Gasteiger partial charge is 0.508 e. The summed E-state index contributed by atoms with van der Waals surface area (Å²) >= 11 is 0. The fraction of sp³-hybridized carbons (Fsp3) is 0.571. The summed E-state index contributed by atoms with van der Waals surface area (Å²) in [6.45, 7) is 6.34. The van der Waals surface area contributed by atoms with Crippen molar-refractivity contribution in [2.75, 3.05) is 6.61 Å². The van der Waals surface area contributed by atoms with Gasteiger partial charge in [-0.2, -0.15) is 0 Å². The molecular formula is C14H23NO2. The SMILES string of the molecule is CCC(CCO)NC(C)c1cc(C)ccc1O. The van der Waals surface area contributed by atoms with Crippen LogP contribution in [0.2, 0.25) is 0 Å². The number of rotatable bonds is 6. The molecule has 0 saturated heterocycles. The Bertz CT molecular complexity index is 352. The average molecular weight is 237 g/mol. The number of aryl methyl sites for hydroxylation is 1. The molecule has 0 amide bonds. The highest BCUT2D eigenvalue weighted by atomic mass is 16.3. The zero-order valence-electron chi connectivity index (χ0n) is 10.9. The van der Waals surface area contributed by atoms with Crippen molar-refractivity contribution in [1.82, 2.24) is 5.32 Å². The molecule has 0 bridgehead atoms. The third-order valence-electron chi connectivity index (χ3n) is 3.11. The lowest BCUT2D eigenvalue weighted by Crippen LogP contribution is -2.31. The van der Waals surface area contributed by atoms with Crippen molar-refractivity contribution in [3.8, 4) is 5.75 Å². The van der Waals surface area contributed by atoms with E-state index in [1.807, 2.05) is 26.0 Å². The van der Waals surface area contributed by atoms with Crippen LogP contribution in [0.5, 0.6) is 5.75 Å². The lowest BCUT2D eigenvalue weighted by molar-refractivity contribution is 0.256. The third-order valence-corrected chi connectivity index (χ3v) is 3.11. The summed E-state index contributed by atoms with van der Waals surface area (Å²) in [4.78, 5) is 0. The number of phenolic OH excluding ortho intramolecular Hbond substituents is 1. The summed E-state index contributed by atoms with van der Waals surface area (Å²) in [6, 6.07) is 6.01. The van der Waals surface area contributed by atoms with Gasteiger partial charge in [-0.3, -0.25) is 0 Å². The van der Waals surface area contributed by atoms with Crippen LogP contribution < -0.4 is 5.32 Å². The zero-order chi connectivity index (χ0) is 12.8. The highest BCUT2D eigenvalue weighted by Crippen LogP contribution is 2.25. The minimum atomic E-state index is 0.0893. The summed E-state index contributed by atoms with van der Waals surface area (Å²) in [5.41, 5.74) is 2.06. The monoisotopic (exact) mass is 237 g/mol. The molecule has 3 nitrogen and oxygen atoms in total. The number of aromatic hydroxyl groups is 1. The van der Waals surface area contributed by atoms with Gasteiger partial charge in [0.2, 0.25) is 0 Å². The molecule has 2 unspecified atom stereocenters. The van der Waals surface area contributed by atoms with E-state index in [-0.39, 0.29) is 18.7 Å². The molecule has 3 heteroatoms. The van der Waals surface area contributed by atoms with Gasteiger partial charge in [0.15, 0.2) is 0 Å². The van der Waals surface area contributed by atoms with E-state index < -0.39 is 0 Å². The lowest BCUT2D eigenvalue weighted by atomic mass is 10.0. The molecule has 0 spiro atoms. The van der Waals surface area contributed by atoms with Crippen LogP contribution in [0.15, 0.2) is 18.2 Å². The van der Waals surface area contributed by atoms with Crippen LogP contribution in [0, 0.1) is 6.92 Å². The minimum Gasteiger partial charge on any atom is -0.508 e. The van der Waals surface area contributed by atoms with Crippen molar-refractivity contribution >= 4 is 0 Å². The standard InChI is InChI=1S/C14H23NO2/c1-4-12(7-8-16)15-11(3)13-9-10(2)5-6-14(13)17/h5-6,9,11-12,15-17H,4,7-8H2,1-3H3. The Hall–Kier alpha value is -1.06. The molecule has 0 aromatic heterocycles. The van der Waals surface area contributed by atoms with E-state index in [1.54, 1.807) is 6.07 Å². The Balaban J connectivity index is 2.74. The van der Waals surface area contributed by atoms with Gasteiger partial charge in [0.1, 0.15) is 5.75 Å². The molecule has 0 radical (unpaired) electrons. The van der Waals surface area contributed by atoms with E-state index >= 15 is 0 Å². The first kappa shape index (κ1) is 14.0. The number of aliphatic hydroxyl groups is 1. The maximum Gasteiger partial charge on any atom is 0.120 e. The summed E-state index contributed by atoms with van der Waals surface area (Å²) in [5.74, 6) is 0.328. The second-order valence-corrected chi connectivity index (χ2v) is 4.57. The first-order valence-electron chi connectivity index (χ1n) is 6.24. The number of phenols is 1. The molecule has 1 rings (SSSR count). The topological polar surface area (TPSA) is 52.5 Å². The number of hydrogen-bond donors (Lipinski definition) is 3. The van der Waals surface area contributed by atoms with E-state index in [9.17, 15) is 5.11 Å². The van der Waals surface area contributed by atoms with E-state index in [4.69, 9.17) is 5.11 Å². The predicted molar refractivity (Wildman–Crippen MR) is 70.2 cm³/mol. The minimum absolute atomic E-state index is 0.0893. The van der Waals surface area contributed by atoms with Gasteiger partial charge in [-0.05, 0) is 32.8 Å². The molecule has 0 heterocycles. The van der Waals surface area contributed by atoms with Crippen molar-refractivity contribution < 1.29 is 10.2 Å². The second-order valence-electron chi connectivity index (χ2n) is 4.57. The van der Waals surface area contributed by atoms with Crippen molar-refractivity contribution in [2.45, 2.75) is 45.7 Å². The molecule has 0 aliphatic carbocycles. The number of aliphatic hydroxyl groups excluding tert-OH is 1. The maximum absolute atomic E-state index is 9.83. The molecule has 0 aliphatic rings. The molecule has 2 atom stereocenters. The number of hydrogen-bond acceptors (Lipinski definition) is 3. The van der Waals surface area contributed by atoms with Crippen LogP contribution in [-0.2, 0) is 0 Å². The Morgan fingerprint density at radius 3 is 2.65 bits per heavy atom. The van der Waals surface area contributed by atoms with Gasteiger partial charge in [0.05, 0.1) is 0 Å². The molecular weight excluding hydrogens is 214 g/mol. The molecule has 1 aromatic rings. The van der Waals surface area contributed by atoms with Crippen LogP contribution in [0.1, 0.15) is 43.9 Å². The van der Waals surface area contributed by atoms with Gasteiger partial charge in [-0.25, -0.2) is 0 Å². The summed E-state index contributed by atoms with van der Waals surface area (Å²) in [5, 5.41) is 22.2. The van der Waals surface area contributed by atoms with Gasteiger partial charge in [0, 0.05) is 24.3 Å². The van der Waals surface area contributed by atoms with E-state index in [0.717, 1.165) is 24.0 Å². The molecule has 0 saturated carbocycles. The van der Waals surface area contributed by atoms with E-state index in [2.05, 4.69) is 12.2 Å². The Morgan fingerprint density at radius 1 is 1.35 bits per heavy atom.